The molecule has 1 N–H and O–H groups in total. The molecule has 22 heavy (non-hydrogen) atoms. The van der Waals surface area contributed by atoms with Gasteiger partial charge in [-0.25, -0.2) is 4.68 Å². The van der Waals surface area contributed by atoms with Gasteiger partial charge in [0, 0.05) is 13.2 Å². The molecule has 0 unspecified atom stereocenters. The van der Waals surface area contributed by atoms with E-state index in [0.29, 0.717) is 42.7 Å². The number of ether oxygens (including phenoxy) is 3. The zero-order valence-electron chi connectivity index (χ0n) is 13.1. The summed E-state index contributed by atoms with van der Waals surface area (Å²) >= 11 is 0. The van der Waals surface area contributed by atoms with Crippen molar-refractivity contribution < 1.29 is 19.3 Å². The maximum atomic E-state index is 9.34. The van der Waals surface area contributed by atoms with Gasteiger partial charge in [0.15, 0.2) is 11.5 Å². The molecule has 7 nitrogen and oxygen atoms in total. The Bertz CT molecular complexity index is 613. The average molecular weight is 307 g/mol. The van der Waals surface area contributed by atoms with E-state index in [9.17, 15) is 5.11 Å². The van der Waals surface area contributed by atoms with Crippen molar-refractivity contribution in [2.24, 2.45) is 0 Å². The van der Waals surface area contributed by atoms with Crippen molar-refractivity contribution in [1.29, 1.82) is 0 Å². The second-order valence-corrected chi connectivity index (χ2v) is 4.48. The molecule has 0 radical (unpaired) electrons. The molecule has 0 aliphatic heterocycles. The fourth-order valence-corrected chi connectivity index (χ4v) is 2.12. The third-order valence-electron chi connectivity index (χ3n) is 3.05. The zero-order chi connectivity index (χ0) is 15.9. The Morgan fingerprint density at radius 1 is 1.14 bits per heavy atom. The Hall–Kier alpha value is -2.12. The monoisotopic (exact) mass is 307 g/mol. The van der Waals surface area contributed by atoms with Crippen LogP contribution in [0.5, 0.6) is 11.5 Å². The molecule has 0 saturated carbocycles. The minimum atomic E-state index is -0.186. The van der Waals surface area contributed by atoms with Crippen molar-refractivity contribution in [2.75, 3.05) is 20.3 Å². The summed E-state index contributed by atoms with van der Waals surface area (Å²) in [5.41, 5.74) is 1.97. The summed E-state index contributed by atoms with van der Waals surface area (Å²) in [6, 6.07) is 5.53. The standard InChI is InChI=1S/C15H21N3O4/c1-4-21-14-7-6-11(8-15(14)22-5-2)18-13(10-20-3)12(9-19)16-17-18/h6-8,19H,4-5,9-10H2,1-3H3. The number of aliphatic hydroxyl groups excluding tert-OH is 1. The first kappa shape index (κ1) is 16.3. The molecule has 0 spiro atoms. The Labute approximate surface area is 129 Å². The maximum Gasteiger partial charge on any atom is 0.163 e. The summed E-state index contributed by atoms with van der Waals surface area (Å²) in [6.07, 6.45) is 0. The highest BCUT2D eigenvalue weighted by molar-refractivity contribution is 5.49. The van der Waals surface area contributed by atoms with Crippen LogP contribution in [0.1, 0.15) is 25.2 Å². The third kappa shape index (κ3) is 3.37. The van der Waals surface area contributed by atoms with Crippen LogP contribution in [0.25, 0.3) is 5.69 Å². The zero-order valence-corrected chi connectivity index (χ0v) is 13.1. The normalized spacial score (nSPS) is 10.7. The summed E-state index contributed by atoms with van der Waals surface area (Å²) in [5.74, 6) is 1.33. The second-order valence-electron chi connectivity index (χ2n) is 4.48. The Morgan fingerprint density at radius 2 is 1.86 bits per heavy atom. The Kier molecular flexibility index (Phi) is 5.74. The number of aromatic nitrogens is 3. The van der Waals surface area contributed by atoms with Crippen LogP contribution in [0, 0.1) is 0 Å². The van der Waals surface area contributed by atoms with Gasteiger partial charge in [0.25, 0.3) is 0 Å². The summed E-state index contributed by atoms with van der Waals surface area (Å²) < 4.78 is 18.0. The van der Waals surface area contributed by atoms with Gasteiger partial charge in [0.1, 0.15) is 5.69 Å². The van der Waals surface area contributed by atoms with Gasteiger partial charge in [-0.1, -0.05) is 5.21 Å². The quantitative estimate of drug-likeness (QED) is 0.800. The number of hydrogen-bond acceptors (Lipinski definition) is 6. The van der Waals surface area contributed by atoms with E-state index in [0.717, 1.165) is 5.69 Å². The maximum absolute atomic E-state index is 9.34. The lowest BCUT2D eigenvalue weighted by molar-refractivity contribution is 0.175. The highest BCUT2D eigenvalue weighted by Crippen LogP contribution is 2.30. The van der Waals surface area contributed by atoms with E-state index in [1.807, 2.05) is 32.0 Å². The van der Waals surface area contributed by atoms with Crippen molar-refractivity contribution in [1.82, 2.24) is 15.0 Å². The van der Waals surface area contributed by atoms with Gasteiger partial charge in [0.2, 0.25) is 0 Å². The van der Waals surface area contributed by atoms with E-state index in [1.165, 1.54) is 0 Å². The fraction of sp³-hybridized carbons (Fsp3) is 0.467. The van der Waals surface area contributed by atoms with Gasteiger partial charge in [-0.15, -0.1) is 5.10 Å². The summed E-state index contributed by atoms with van der Waals surface area (Å²) in [4.78, 5) is 0. The van der Waals surface area contributed by atoms with Crippen LogP contribution in [0.3, 0.4) is 0 Å². The first-order chi connectivity index (χ1) is 10.7. The minimum Gasteiger partial charge on any atom is -0.490 e. The number of aliphatic hydroxyl groups is 1. The molecule has 2 rings (SSSR count). The average Bonchev–Trinajstić information content (AvgIpc) is 2.93. The van der Waals surface area contributed by atoms with Gasteiger partial charge in [0.05, 0.1) is 37.8 Å². The lowest BCUT2D eigenvalue weighted by Gasteiger charge is -2.13. The largest absolute Gasteiger partial charge is 0.490 e. The first-order valence-corrected chi connectivity index (χ1v) is 7.18. The molecule has 0 amide bonds. The van der Waals surface area contributed by atoms with Crippen LogP contribution in [-0.2, 0) is 18.0 Å². The van der Waals surface area contributed by atoms with Gasteiger partial charge in [-0.05, 0) is 26.0 Å². The molecule has 0 atom stereocenters. The van der Waals surface area contributed by atoms with Crippen LogP contribution >= 0.6 is 0 Å². The van der Waals surface area contributed by atoms with Crippen molar-refractivity contribution in [3.63, 3.8) is 0 Å². The van der Waals surface area contributed by atoms with Crippen LogP contribution in [-0.4, -0.2) is 40.4 Å². The topological polar surface area (TPSA) is 78.6 Å². The van der Waals surface area contributed by atoms with Gasteiger partial charge in [-0.2, -0.15) is 0 Å². The van der Waals surface area contributed by atoms with Crippen LogP contribution in [0.4, 0.5) is 0 Å². The third-order valence-corrected chi connectivity index (χ3v) is 3.05. The van der Waals surface area contributed by atoms with E-state index in [1.54, 1.807) is 11.8 Å². The molecule has 0 bridgehead atoms. The Morgan fingerprint density at radius 3 is 2.50 bits per heavy atom. The molecule has 1 aromatic heterocycles. The molecule has 1 aromatic carbocycles. The predicted octanol–water partition coefficient (Wildman–Crippen LogP) is 1.70. The van der Waals surface area contributed by atoms with Crippen molar-refractivity contribution in [2.45, 2.75) is 27.1 Å². The summed E-state index contributed by atoms with van der Waals surface area (Å²) in [7, 11) is 1.59. The molecule has 0 aliphatic carbocycles. The van der Waals surface area contributed by atoms with Crippen molar-refractivity contribution in [3.05, 3.63) is 29.6 Å². The molecule has 2 aromatic rings. The molecule has 0 aliphatic rings. The highest BCUT2D eigenvalue weighted by Gasteiger charge is 2.15. The molecular formula is C15H21N3O4. The lowest BCUT2D eigenvalue weighted by Crippen LogP contribution is -2.06. The molecule has 7 heteroatoms. The van der Waals surface area contributed by atoms with Crippen molar-refractivity contribution >= 4 is 0 Å². The van der Waals surface area contributed by atoms with Crippen LogP contribution in [0.15, 0.2) is 18.2 Å². The summed E-state index contributed by atoms with van der Waals surface area (Å²) in [5, 5.41) is 17.4. The molecule has 1 heterocycles. The minimum absolute atomic E-state index is 0.186. The van der Waals surface area contributed by atoms with Crippen LogP contribution in [0.2, 0.25) is 0 Å². The van der Waals surface area contributed by atoms with Gasteiger partial charge in [-0.3, -0.25) is 0 Å². The number of rotatable bonds is 8. The number of nitrogens with zero attached hydrogens (tertiary/aromatic N) is 3. The SMILES string of the molecule is CCOc1ccc(-n2nnc(CO)c2COC)cc1OCC. The number of benzene rings is 1. The molecule has 120 valence electrons. The molecule has 0 fully saturated rings. The van der Waals surface area contributed by atoms with E-state index >= 15 is 0 Å². The van der Waals surface area contributed by atoms with E-state index in [4.69, 9.17) is 14.2 Å². The highest BCUT2D eigenvalue weighted by atomic mass is 16.5. The van der Waals surface area contributed by atoms with E-state index in [2.05, 4.69) is 10.3 Å². The molecular weight excluding hydrogens is 286 g/mol. The first-order valence-electron chi connectivity index (χ1n) is 7.18. The number of methoxy groups -OCH3 is 1. The van der Waals surface area contributed by atoms with Crippen molar-refractivity contribution in [3.8, 4) is 17.2 Å². The van der Waals surface area contributed by atoms with Gasteiger partial charge < -0.3 is 19.3 Å². The second kappa shape index (κ2) is 7.77. The summed E-state index contributed by atoms with van der Waals surface area (Å²) in [6.45, 7) is 5.05. The van der Waals surface area contributed by atoms with E-state index < -0.39 is 0 Å². The molecule has 0 saturated heterocycles. The van der Waals surface area contributed by atoms with Gasteiger partial charge >= 0.3 is 0 Å². The Balaban J connectivity index is 2.44. The fourth-order valence-electron chi connectivity index (χ4n) is 2.12. The van der Waals surface area contributed by atoms with Crippen LogP contribution < -0.4 is 9.47 Å². The lowest BCUT2D eigenvalue weighted by atomic mass is 10.2. The smallest absolute Gasteiger partial charge is 0.163 e. The van der Waals surface area contributed by atoms with E-state index in [-0.39, 0.29) is 6.61 Å². The number of hydrogen-bond donors (Lipinski definition) is 1. The predicted molar refractivity (Wildman–Crippen MR) is 80.3 cm³/mol.